The Morgan fingerprint density at radius 3 is 2.24 bits per heavy atom. The summed E-state index contributed by atoms with van der Waals surface area (Å²) in [4.78, 5) is 28.4. The molecule has 2 aliphatic rings. The third-order valence-corrected chi connectivity index (χ3v) is 3.11. The Bertz CT molecular complexity index is 314. The highest BCUT2D eigenvalue weighted by molar-refractivity contribution is 15.0. The quantitative estimate of drug-likeness (QED) is 0.338. The maximum atomic E-state index is 11.6. The van der Waals surface area contributed by atoms with Gasteiger partial charge in [0.05, 0.1) is 26.2 Å². The summed E-state index contributed by atoms with van der Waals surface area (Å²) < 4.78 is 10.1. The number of rotatable bonds is 3. The second-order valence-corrected chi connectivity index (χ2v) is 4.66. The molecule has 0 bridgehead atoms. The fraction of sp³-hybridized carbons (Fsp3) is 0.833. The van der Waals surface area contributed by atoms with Crippen molar-refractivity contribution in [3.05, 3.63) is 0 Å². The Kier molecular flexibility index (Phi) is 13.0. The van der Waals surface area contributed by atoms with Crippen LogP contribution in [-0.2, 0) is 23.9 Å². The van der Waals surface area contributed by atoms with E-state index in [1.807, 2.05) is 6.92 Å². The van der Waals surface area contributed by atoms with Gasteiger partial charge in [0.1, 0.15) is 0 Å². The molecule has 7 nitrogen and oxygen atoms in total. The van der Waals surface area contributed by atoms with Crippen LogP contribution in [0.1, 0.15) is 13.3 Å². The Labute approximate surface area is 148 Å². The lowest BCUT2D eigenvalue weighted by Crippen LogP contribution is -2.42. The predicted molar refractivity (Wildman–Crippen MR) is 94.9 cm³/mol. The first-order valence-electron chi connectivity index (χ1n) is 6.49. The Balaban J connectivity index is 0.000000713. The van der Waals surface area contributed by atoms with Crippen LogP contribution in [0.3, 0.4) is 0 Å². The first kappa shape index (κ1) is 21.3. The average molecular weight is 528 g/mol. The molecule has 0 aromatic rings. The zero-order valence-electron chi connectivity index (χ0n) is 12.2. The number of hydrogen-bond acceptors (Lipinski definition) is 6. The van der Waals surface area contributed by atoms with Gasteiger partial charge in [-0.25, -0.2) is 5.90 Å². The van der Waals surface area contributed by atoms with E-state index in [2.05, 4.69) is 48.0 Å². The molecule has 9 heteroatoms. The monoisotopic (exact) mass is 528 g/mol. The van der Waals surface area contributed by atoms with E-state index < -0.39 is 0 Å². The van der Waals surface area contributed by atoms with Crippen molar-refractivity contribution in [3.63, 3.8) is 0 Å². The number of ether oxygens (including phenoxy) is 2. The SMILES string of the molecule is CON.C[C@@H]1CC1C(=O)OCC(=O)N1CCOCC1.II. The van der Waals surface area contributed by atoms with Gasteiger partial charge in [-0.05, 0) is 12.3 Å². The van der Waals surface area contributed by atoms with Gasteiger partial charge in [-0.2, -0.15) is 0 Å². The maximum absolute atomic E-state index is 11.6. The van der Waals surface area contributed by atoms with E-state index in [0.717, 1.165) is 6.42 Å². The van der Waals surface area contributed by atoms with Crippen LogP contribution in [0, 0.1) is 11.8 Å². The fourth-order valence-corrected chi connectivity index (χ4v) is 1.79. The van der Waals surface area contributed by atoms with E-state index in [9.17, 15) is 9.59 Å². The first-order valence-corrected chi connectivity index (χ1v) is 12.8. The number of hydrogen-bond donors (Lipinski definition) is 1. The Morgan fingerprint density at radius 2 is 1.81 bits per heavy atom. The molecule has 0 aromatic heterocycles. The van der Waals surface area contributed by atoms with Crippen molar-refractivity contribution in [1.82, 2.24) is 4.90 Å². The summed E-state index contributed by atoms with van der Waals surface area (Å²) in [6, 6.07) is 0. The second kappa shape index (κ2) is 12.8. The number of esters is 1. The van der Waals surface area contributed by atoms with Crippen LogP contribution in [0.5, 0.6) is 0 Å². The van der Waals surface area contributed by atoms with E-state index in [0.29, 0.717) is 32.2 Å². The van der Waals surface area contributed by atoms with E-state index in [4.69, 9.17) is 9.47 Å². The zero-order chi connectivity index (χ0) is 16.3. The summed E-state index contributed by atoms with van der Waals surface area (Å²) in [5.74, 6) is 4.45. The number of carbonyl (C=O) groups is 2. The highest BCUT2D eigenvalue weighted by atomic mass is 128. The van der Waals surface area contributed by atoms with Gasteiger partial charge in [0.25, 0.3) is 5.91 Å². The van der Waals surface area contributed by atoms with E-state index in [1.165, 1.54) is 7.11 Å². The smallest absolute Gasteiger partial charge is 0.309 e. The van der Waals surface area contributed by atoms with Crippen LogP contribution >= 0.6 is 37.2 Å². The molecule has 1 aliphatic carbocycles. The summed E-state index contributed by atoms with van der Waals surface area (Å²) in [5.41, 5.74) is 0. The Hall–Kier alpha value is 0.280. The zero-order valence-corrected chi connectivity index (χ0v) is 16.5. The fourth-order valence-electron chi connectivity index (χ4n) is 1.79. The van der Waals surface area contributed by atoms with Gasteiger partial charge in [-0.15, -0.1) is 0 Å². The van der Waals surface area contributed by atoms with Crippen molar-refractivity contribution in [2.75, 3.05) is 40.0 Å². The van der Waals surface area contributed by atoms with Gasteiger partial charge < -0.3 is 19.2 Å². The molecule has 2 N–H and O–H groups in total. The number of amides is 1. The molecule has 1 saturated heterocycles. The van der Waals surface area contributed by atoms with Crippen molar-refractivity contribution in [2.24, 2.45) is 17.7 Å². The number of morpholine rings is 1. The molecule has 2 rings (SSSR count). The molecule has 1 heterocycles. The third kappa shape index (κ3) is 9.11. The normalized spacial score (nSPS) is 23.0. The molecule has 1 aliphatic heterocycles. The minimum absolute atomic E-state index is 0.0255. The first-order chi connectivity index (χ1) is 10.1. The molecular formula is C12H22I2N2O5. The molecule has 0 spiro atoms. The molecule has 2 atom stereocenters. The summed E-state index contributed by atoms with van der Waals surface area (Å²) in [6.07, 6.45) is 0.893. The largest absolute Gasteiger partial charge is 0.455 e. The van der Waals surface area contributed by atoms with E-state index in [-0.39, 0.29) is 24.4 Å². The second-order valence-electron chi connectivity index (χ2n) is 4.66. The lowest BCUT2D eigenvalue weighted by Gasteiger charge is -2.26. The average Bonchev–Trinajstić information content (AvgIpc) is 3.25. The molecule has 2 fully saturated rings. The molecular weight excluding hydrogens is 506 g/mol. The number of nitrogens with zero attached hydrogens (tertiary/aromatic N) is 1. The van der Waals surface area contributed by atoms with Crippen LogP contribution in [0.25, 0.3) is 0 Å². The number of nitrogens with two attached hydrogens (primary N) is 1. The maximum Gasteiger partial charge on any atom is 0.309 e. The lowest BCUT2D eigenvalue weighted by atomic mass is 10.3. The van der Waals surface area contributed by atoms with Gasteiger partial charge in [-0.1, -0.05) is 6.92 Å². The Morgan fingerprint density at radius 1 is 1.33 bits per heavy atom. The summed E-state index contributed by atoms with van der Waals surface area (Å²) in [7, 11) is 1.40. The molecule has 0 aromatic carbocycles. The molecule has 1 amide bonds. The van der Waals surface area contributed by atoms with Gasteiger partial charge in [0, 0.05) is 50.3 Å². The molecule has 1 unspecified atom stereocenters. The molecule has 0 radical (unpaired) electrons. The summed E-state index contributed by atoms with van der Waals surface area (Å²) in [6.45, 7) is 4.21. The van der Waals surface area contributed by atoms with Crippen molar-refractivity contribution in [3.8, 4) is 0 Å². The lowest BCUT2D eigenvalue weighted by molar-refractivity contribution is -0.154. The highest BCUT2D eigenvalue weighted by Gasteiger charge is 2.40. The highest BCUT2D eigenvalue weighted by Crippen LogP contribution is 2.38. The van der Waals surface area contributed by atoms with Gasteiger partial charge in [-0.3, -0.25) is 9.59 Å². The predicted octanol–water partition coefficient (Wildman–Crippen LogP) is 1.32. The topological polar surface area (TPSA) is 91.1 Å². The number of halogens is 2. The van der Waals surface area contributed by atoms with Crippen molar-refractivity contribution >= 4 is 49.1 Å². The van der Waals surface area contributed by atoms with Crippen LogP contribution in [0.2, 0.25) is 0 Å². The van der Waals surface area contributed by atoms with Crippen LogP contribution in [0.15, 0.2) is 0 Å². The van der Waals surface area contributed by atoms with E-state index in [1.54, 1.807) is 4.90 Å². The van der Waals surface area contributed by atoms with Crippen molar-refractivity contribution in [2.45, 2.75) is 13.3 Å². The minimum atomic E-state index is -0.228. The van der Waals surface area contributed by atoms with Gasteiger partial charge >= 0.3 is 5.97 Å². The van der Waals surface area contributed by atoms with Crippen molar-refractivity contribution < 1.29 is 23.9 Å². The van der Waals surface area contributed by atoms with Crippen LogP contribution in [0.4, 0.5) is 0 Å². The molecule has 124 valence electrons. The van der Waals surface area contributed by atoms with E-state index >= 15 is 0 Å². The van der Waals surface area contributed by atoms with Crippen LogP contribution in [-0.4, -0.2) is 56.8 Å². The molecule has 1 saturated carbocycles. The van der Waals surface area contributed by atoms with Gasteiger partial charge in [0.15, 0.2) is 6.61 Å². The molecule has 21 heavy (non-hydrogen) atoms. The van der Waals surface area contributed by atoms with Gasteiger partial charge in [0.2, 0.25) is 0 Å². The third-order valence-electron chi connectivity index (χ3n) is 3.11. The standard InChI is InChI=1S/C11H17NO4.CH5NO.I2/c1-8-6-9(8)11(14)16-7-10(13)12-2-4-15-5-3-12;1-3-2;1-2/h8-9H,2-7H2,1H3;2H2,1H3;/t8-,9?;;/m1../s1. The van der Waals surface area contributed by atoms with Crippen molar-refractivity contribution in [1.29, 1.82) is 0 Å². The summed E-state index contributed by atoms with van der Waals surface area (Å²) >= 11 is 4.24. The van der Waals surface area contributed by atoms with Crippen LogP contribution < -0.4 is 5.90 Å². The minimum Gasteiger partial charge on any atom is -0.455 e. The number of carbonyl (C=O) groups excluding carboxylic acids is 2. The summed E-state index contributed by atoms with van der Waals surface area (Å²) in [5, 5.41) is 0.